The van der Waals surface area contributed by atoms with Crippen LogP contribution in [0.4, 0.5) is 0 Å². The lowest BCUT2D eigenvalue weighted by Gasteiger charge is -2.18. The molecule has 0 saturated carbocycles. The molecule has 4 aromatic carbocycles. The van der Waals surface area contributed by atoms with E-state index in [1.807, 2.05) is 55.1 Å². The monoisotopic (exact) mass is 970 g/mol. The van der Waals surface area contributed by atoms with Crippen molar-refractivity contribution in [2.45, 2.75) is 64.1 Å². The van der Waals surface area contributed by atoms with E-state index >= 15 is 0 Å². The summed E-state index contributed by atoms with van der Waals surface area (Å²) in [6.45, 7) is 8.41. The number of benzene rings is 4. The number of ether oxygens (including phenoxy) is 3. The fourth-order valence-corrected chi connectivity index (χ4v) is 10.9. The Bertz CT molecular complexity index is 3220. The summed E-state index contributed by atoms with van der Waals surface area (Å²) in [5, 5.41) is 8.45. The zero-order chi connectivity index (χ0) is 47.9. The number of hydrogen-bond acceptors (Lipinski definition) is 14. The summed E-state index contributed by atoms with van der Waals surface area (Å²) in [6, 6.07) is 27.7. The van der Waals surface area contributed by atoms with E-state index in [9.17, 15) is 25.3 Å². The van der Waals surface area contributed by atoms with Gasteiger partial charge in [0.1, 0.15) is 54.6 Å². The third-order valence-electron chi connectivity index (χ3n) is 10.5. The van der Waals surface area contributed by atoms with Gasteiger partial charge in [-0.05, 0) is 78.4 Å². The zero-order valence-electron chi connectivity index (χ0n) is 36.9. The molecule has 6 N–H and O–H groups in total. The summed E-state index contributed by atoms with van der Waals surface area (Å²) in [5.74, 6) is 1.13. The number of hydrogen-bond donors (Lipinski definition) is 3. The number of aromatic nitrogens is 4. The van der Waals surface area contributed by atoms with Gasteiger partial charge in [-0.3, -0.25) is 9.36 Å². The highest BCUT2D eigenvalue weighted by molar-refractivity contribution is 7.90. The molecule has 0 bridgehead atoms. The zero-order valence-corrected chi connectivity index (χ0v) is 39.4. The molecule has 3 aliphatic rings. The second kappa shape index (κ2) is 20.2. The van der Waals surface area contributed by atoms with Gasteiger partial charge >= 0.3 is 0 Å². The first-order chi connectivity index (χ1) is 31.9. The van der Waals surface area contributed by atoms with Crippen molar-refractivity contribution in [3.05, 3.63) is 159 Å². The van der Waals surface area contributed by atoms with Crippen LogP contribution >= 0.6 is 0 Å². The van der Waals surface area contributed by atoms with Gasteiger partial charge in [-0.25, -0.2) is 25.3 Å². The summed E-state index contributed by atoms with van der Waals surface area (Å²) in [7, 11) is -10.6. The lowest BCUT2D eigenvalue weighted by atomic mass is 10.1. The van der Waals surface area contributed by atoms with Gasteiger partial charge in [0.2, 0.25) is 0 Å². The molecule has 0 atom stereocenters. The van der Waals surface area contributed by atoms with Crippen LogP contribution in [0.15, 0.2) is 117 Å². The molecule has 22 heteroatoms. The van der Waals surface area contributed by atoms with E-state index in [-0.39, 0.29) is 34.8 Å². The Morgan fingerprint density at radius 1 is 0.582 bits per heavy atom. The van der Waals surface area contributed by atoms with Gasteiger partial charge in [0.25, 0.3) is 30.1 Å². The molecule has 19 nitrogen and oxygen atoms in total. The van der Waals surface area contributed by atoms with E-state index in [0.717, 1.165) is 23.4 Å². The SMILES string of the molecule is CCc1ccccc1COc1cccc2c1C(N)=NS(=O)(=O)C2.Cc1cc(C)n(CCOc2cccc3c2C(N)=NS(=O)(=O)C3)n1.NC1=NS(=O)(=O)Cc2cccc(OCCn3cccn3)c21. The molecule has 5 heterocycles. The molecule has 9 rings (SSSR count). The number of amidine groups is 3. The van der Waals surface area contributed by atoms with E-state index < -0.39 is 30.1 Å². The quantitative estimate of drug-likeness (QED) is 0.156. The van der Waals surface area contributed by atoms with Crippen LogP contribution in [-0.4, -0.2) is 75.5 Å². The molecular weight excluding hydrogens is 921 g/mol. The van der Waals surface area contributed by atoms with Gasteiger partial charge in [-0.2, -0.15) is 10.2 Å². The lowest BCUT2D eigenvalue weighted by Crippen LogP contribution is -2.25. The number of nitrogens with zero attached hydrogens (tertiary/aromatic N) is 7. The Morgan fingerprint density at radius 3 is 1.48 bits per heavy atom. The number of nitrogens with two attached hydrogens (primary N) is 3. The van der Waals surface area contributed by atoms with Crippen molar-refractivity contribution < 1.29 is 39.5 Å². The topological polar surface area (TPSA) is 281 Å². The van der Waals surface area contributed by atoms with Crippen LogP contribution in [0, 0.1) is 13.8 Å². The van der Waals surface area contributed by atoms with Crippen LogP contribution in [0.1, 0.15) is 62.8 Å². The number of rotatable bonds is 12. The van der Waals surface area contributed by atoms with Crippen molar-refractivity contribution in [2.24, 2.45) is 30.4 Å². The third-order valence-corrected chi connectivity index (χ3v) is 14.0. The van der Waals surface area contributed by atoms with Crippen LogP contribution in [0.2, 0.25) is 0 Å². The maximum atomic E-state index is 11.7. The fourth-order valence-electron chi connectivity index (χ4n) is 7.62. The Balaban J connectivity index is 0.000000149. The van der Waals surface area contributed by atoms with Crippen LogP contribution in [0.5, 0.6) is 17.2 Å². The summed E-state index contributed by atoms with van der Waals surface area (Å²) in [4.78, 5) is 0. The first-order valence-electron chi connectivity index (χ1n) is 21.0. The molecule has 67 heavy (non-hydrogen) atoms. The van der Waals surface area contributed by atoms with Gasteiger partial charge in [0, 0.05) is 18.1 Å². The average Bonchev–Trinajstić information content (AvgIpc) is 3.89. The summed E-state index contributed by atoms with van der Waals surface area (Å²) in [5.41, 5.74) is 25.3. The predicted octanol–water partition coefficient (Wildman–Crippen LogP) is 4.02. The van der Waals surface area contributed by atoms with Gasteiger partial charge in [0.15, 0.2) is 0 Å². The van der Waals surface area contributed by atoms with Crippen molar-refractivity contribution in [3.8, 4) is 17.2 Å². The minimum Gasteiger partial charge on any atom is -0.491 e. The molecule has 0 saturated heterocycles. The molecule has 0 spiro atoms. The van der Waals surface area contributed by atoms with Gasteiger partial charge in [-0.1, -0.05) is 67.6 Å². The van der Waals surface area contributed by atoms with Crippen LogP contribution in [0.25, 0.3) is 0 Å². The fraction of sp³-hybridized carbons (Fsp3) is 0.267. The van der Waals surface area contributed by atoms with E-state index in [4.69, 9.17) is 31.4 Å². The van der Waals surface area contributed by atoms with Crippen LogP contribution < -0.4 is 31.4 Å². The number of aryl methyl sites for hydroxylation is 3. The molecule has 2 aromatic heterocycles. The second-order valence-electron chi connectivity index (χ2n) is 15.5. The second-order valence-corrected chi connectivity index (χ2v) is 20.4. The first-order valence-corrected chi connectivity index (χ1v) is 25.8. The Kier molecular flexibility index (Phi) is 14.5. The minimum absolute atomic E-state index is 0.00868. The molecule has 0 aliphatic carbocycles. The Hall–Kier alpha value is -7.04. The van der Waals surface area contributed by atoms with Gasteiger partial charge in [0.05, 0.1) is 52.7 Å². The summed E-state index contributed by atoms with van der Waals surface area (Å²) >= 11 is 0. The predicted molar refractivity (Wildman–Crippen MR) is 254 cm³/mol. The van der Waals surface area contributed by atoms with E-state index in [1.54, 1.807) is 65.5 Å². The van der Waals surface area contributed by atoms with E-state index in [2.05, 4.69) is 36.4 Å². The maximum Gasteiger partial charge on any atom is 0.259 e. The Morgan fingerprint density at radius 2 is 1.04 bits per heavy atom. The largest absolute Gasteiger partial charge is 0.491 e. The van der Waals surface area contributed by atoms with Crippen molar-refractivity contribution in [1.82, 2.24) is 19.6 Å². The van der Waals surface area contributed by atoms with Gasteiger partial charge in [-0.15, -0.1) is 13.2 Å². The highest BCUT2D eigenvalue weighted by Gasteiger charge is 2.27. The Labute approximate surface area is 389 Å². The van der Waals surface area contributed by atoms with E-state index in [0.29, 0.717) is 83.5 Å². The number of fused-ring (bicyclic) bond motifs is 3. The van der Waals surface area contributed by atoms with Gasteiger partial charge < -0.3 is 31.4 Å². The lowest BCUT2D eigenvalue weighted by molar-refractivity contribution is 0.289. The summed E-state index contributed by atoms with van der Waals surface area (Å²) < 4.78 is 102. The molecule has 3 aliphatic heterocycles. The normalized spacial score (nSPS) is 15.8. The smallest absolute Gasteiger partial charge is 0.259 e. The molecule has 352 valence electrons. The third kappa shape index (κ3) is 12.1. The van der Waals surface area contributed by atoms with Crippen molar-refractivity contribution in [3.63, 3.8) is 0 Å². The standard InChI is InChI=1S/C17H18N2O3S.C15H18N4O3S.C13H14N4O3S/c1-2-12-6-3-4-7-13(12)10-22-15-9-5-8-14-11-23(20,21)19-17(18)16(14)15;1-10-8-11(2)19(17-10)6-7-22-13-5-3-4-12-9-23(20,21)18-15(16)14(12)13;14-13-12-10(9-21(18,19)16-13)3-1-4-11(12)20-8-7-17-6-2-5-15-17/h3-9H,2,10-11H2,1H3,(H2,18,19);3-5,8H,6-7,9H2,1-2H3,(H2,16,18);1-6H,7-9H2,(H2,14,16). The molecule has 0 amide bonds. The highest BCUT2D eigenvalue weighted by atomic mass is 32.2. The molecule has 0 fully saturated rings. The summed E-state index contributed by atoms with van der Waals surface area (Å²) in [6.07, 6.45) is 4.46. The van der Waals surface area contributed by atoms with Crippen LogP contribution in [-0.2, 0) is 73.4 Å². The molecule has 0 unspecified atom stereocenters. The molecule has 6 aromatic rings. The van der Waals surface area contributed by atoms with Crippen molar-refractivity contribution in [2.75, 3.05) is 13.2 Å². The molecular formula is C45H50N10O9S3. The highest BCUT2D eigenvalue weighted by Crippen LogP contribution is 2.31. The number of sulfonamides is 3. The van der Waals surface area contributed by atoms with Crippen molar-refractivity contribution >= 4 is 47.6 Å². The van der Waals surface area contributed by atoms with Crippen LogP contribution in [0.3, 0.4) is 0 Å². The maximum absolute atomic E-state index is 11.7. The minimum atomic E-state index is -3.54. The van der Waals surface area contributed by atoms with Crippen molar-refractivity contribution in [1.29, 1.82) is 0 Å². The first kappa shape index (κ1) is 47.9. The van der Waals surface area contributed by atoms with E-state index in [1.165, 1.54) is 5.56 Å². The molecule has 0 radical (unpaired) electrons. The average molecular weight is 971 g/mol.